The van der Waals surface area contributed by atoms with Crippen LogP contribution in [0.15, 0.2) is 4.99 Å². The number of carbonyl (C=O) groups excluding carboxylic acids is 1. The number of amides is 1. The van der Waals surface area contributed by atoms with Crippen LogP contribution >= 0.6 is 11.8 Å². The third-order valence-corrected chi connectivity index (χ3v) is 4.85. The zero-order chi connectivity index (χ0) is 18.2. The predicted octanol–water partition coefficient (Wildman–Crippen LogP) is 2.55. The van der Waals surface area contributed by atoms with Gasteiger partial charge in [-0.3, -0.25) is 4.99 Å². The minimum atomic E-state index is -0.462. The van der Waals surface area contributed by atoms with Crippen LogP contribution in [0.3, 0.4) is 0 Å². The minimum Gasteiger partial charge on any atom is -0.444 e. The number of nitrogens with zero attached hydrogens (tertiary/aromatic N) is 2. The molecule has 1 saturated heterocycles. The number of thioether (sulfide) groups is 1. The standard InChI is InChI=1S/C17H34N4O2S/c1-13(11-21(6)16(22)23-17(2,3)4)10-19-15(18-5)20-14-8-7-9-24-12-14/h13-14H,7-12H2,1-6H3,(H2,18,19,20). The average molecular weight is 359 g/mol. The summed E-state index contributed by atoms with van der Waals surface area (Å²) in [5, 5.41) is 6.84. The molecule has 0 spiro atoms. The second kappa shape index (κ2) is 10.0. The molecule has 7 heteroatoms. The largest absolute Gasteiger partial charge is 0.444 e. The maximum absolute atomic E-state index is 12.0. The average Bonchev–Trinajstić information content (AvgIpc) is 2.50. The van der Waals surface area contributed by atoms with Gasteiger partial charge in [-0.15, -0.1) is 0 Å². The van der Waals surface area contributed by atoms with E-state index in [2.05, 4.69) is 22.5 Å². The summed E-state index contributed by atoms with van der Waals surface area (Å²) < 4.78 is 5.38. The van der Waals surface area contributed by atoms with Crippen molar-refractivity contribution in [1.29, 1.82) is 0 Å². The number of hydrogen-bond acceptors (Lipinski definition) is 4. The zero-order valence-corrected chi connectivity index (χ0v) is 16.8. The normalized spacial score (nSPS) is 20.2. The highest BCUT2D eigenvalue weighted by Crippen LogP contribution is 2.16. The minimum absolute atomic E-state index is 0.281. The van der Waals surface area contributed by atoms with Crippen molar-refractivity contribution in [3.05, 3.63) is 0 Å². The Balaban J connectivity index is 2.32. The smallest absolute Gasteiger partial charge is 0.410 e. The maximum atomic E-state index is 12.0. The lowest BCUT2D eigenvalue weighted by Gasteiger charge is -2.27. The van der Waals surface area contributed by atoms with Crippen LogP contribution in [0.1, 0.15) is 40.5 Å². The van der Waals surface area contributed by atoms with Crippen molar-refractivity contribution in [1.82, 2.24) is 15.5 Å². The molecule has 1 aliphatic heterocycles. The van der Waals surface area contributed by atoms with E-state index in [0.29, 0.717) is 18.5 Å². The number of ether oxygens (including phenoxy) is 1. The Morgan fingerprint density at radius 3 is 2.71 bits per heavy atom. The van der Waals surface area contributed by atoms with Gasteiger partial charge < -0.3 is 20.3 Å². The molecule has 1 fully saturated rings. The Labute approximate surface area is 151 Å². The molecule has 6 nitrogen and oxygen atoms in total. The van der Waals surface area contributed by atoms with Gasteiger partial charge in [0.05, 0.1) is 0 Å². The van der Waals surface area contributed by atoms with Gasteiger partial charge in [0.2, 0.25) is 0 Å². The highest BCUT2D eigenvalue weighted by molar-refractivity contribution is 7.99. The van der Waals surface area contributed by atoms with E-state index in [-0.39, 0.29) is 6.09 Å². The van der Waals surface area contributed by atoms with Crippen molar-refractivity contribution < 1.29 is 9.53 Å². The first-order valence-corrected chi connectivity index (χ1v) is 9.85. The summed E-state index contributed by atoms with van der Waals surface area (Å²) in [5.74, 6) is 3.53. The van der Waals surface area contributed by atoms with Crippen molar-refractivity contribution in [3.8, 4) is 0 Å². The van der Waals surface area contributed by atoms with Crippen LogP contribution in [0.4, 0.5) is 4.79 Å². The van der Waals surface area contributed by atoms with Crippen molar-refractivity contribution in [2.45, 2.75) is 52.2 Å². The summed E-state index contributed by atoms with van der Waals surface area (Å²) in [7, 11) is 3.57. The van der Waals surface area contributed by atoms with Crippen molar-refractivity contribution in [2.75, 3.05) is 38.7 Å². The topological polar surface area (TPSA) is 66.0 Å². The monoisotopic (exact) mass is 358 g/mol. The van der Waals surface area contributed by atoms with Gasteiger partial charge in [0.1, 0.15) is 5.60 Å². The highest BCUT2D eigenvalue weighted by atomic mass is 32.2. The van der Waals surface area contributed by atoms with Crippen LogP contribution in [0, 0.1) is 5.92 Å². The second-order valence-electron chi connectivity index (χ2n) is 7.48. The Morgan fingerprint density at radius 2 is 2.17 bits per heavy atom. The molecule has 0 aromatic carbocycles. The fourth-order valence-electron chi connectivity index (χ4n) is 2.46. The summed E-state index contributed by atoms with van der Waals surface area (Å²) in [4.78, 5) is 17.9. The molecule has 1 heterocycles. The van der Waals surface area contributed by atoms with Crippen molar-refractivity contribution >= 4 is 23.8 Å². The summed E-state index contributed by atoms with van der Waals surface area (Å²) in [5.41, 5.74) is -0.462. The second-order valence-corrected chi connectivity index (χ2v) is 8.63. The number of guanidine groups is 1. The first kappa shape index (κ1) is 20.9. The van der Waals surface area contributed by atoms with Gasteiger partial charge >= 0.3 is 6.09 Å². The van der Waals surface area contributed by atoms with Crippen LogP contribution < -0.4 is 10.6 Å². The molecular formula is C17H34N4O2S. The molecule has 2 atom stereocenters. The van der Waals surface area contributed by atoms with E-state index >= 15 is 0 Å². The van der Waals surface area contributed by atoms with E-state index < -0.39 is 5.60 Å². The first-order chi connectivity index (χ1) is 11.2. The summed E-state index contributed by atoms with van der Waals surface area (Å²) in [6.45, 7) is 9.14. The Kier molecular flexibility index (Phi) is 8.73. The van der Waals surface area contributed by atoms with Gasteiger partial charge in [-0.05, 0) is 45.3 Å². The SMILES string of the molecule is CN=C(NCC(C)CN(C)C(=O)OC(C)(C)C)NC1CCCSC1. The molecule has 0 radical (unpaired) electrons. The molecule has 0 aliphatic carbocycles. The molecule has 140 valence electrons. The molecule has 0 aromatic rings. The van der Waals surface area contributed by atoms with Crippen LogP contribution in [-0.4, -0.2) is 67.3 Å². The molecule has 2 N–H and O–H groups in total. The van der Waals surface area contributed by atoms with Crippen LogP contribution in [-0.2, 0) is 4.74 Å². The third-order valence-electron chi connectivity index (χ3n) is 3.63. The van der Waals surface area contributed by atoms with Gasteiger partial charge in [-0.25, -0.2) is 4.79 Å². The summed E-state index contributed by atoms with van der Waals surface area (Å²) >= 11 is 1.99. The lowest BCUT2D eigenvalue weighted by molar-refractivity contribution is 0.0278. The molecular weight excluding hydrogens is 324 g/mol. The molecule has 0 bridgehead atoms. The van der Waals surface area contributed by atoms with E-state index in [0.717, 1.165) is 18.3 Å². The van der Waals surface area contributed by atoms with Gasteiger partial charge in [-0.1, -0.05) is 6.92 Å². The van der Waals surface area contributed by atoms with Gasteiger partial charge in [-0.2, -0.15) is 11.8 Å². The number of carbonyl (C=O) groups is 1. The van der Waals surface area contributed by atoms with Gasteiger partial charge in [0.15, 0.2) is 5.96 Å². The lowest BCUT2D eigenvalue weighted by atomic mass is 10.1. The summed E-state index contributed by atoms with van der Waals surface area (Å²) in [6.07, 6.45) is 2.18. The van der Waals surface area contributed by atoms with Crippen LogP contribution in [0.5, 0.6) is 0 Å². The van der Waals surface area contributed by atoms with E-state index in [1.807, 2.05) is 32.5 Å². The molecule has 0 saturated carbocycles. The first-order valence-electron chi connectivity index (χ1n) is 8.70. The Hall–Kier alpha value is -1.11. The molecule has 1 aliphatic rings. The molecule has 1 amide bonds. The van der Waals surface area contributed by atoms with Crippen LogP contribution in [0.25, 0.3) is 0 Å². The van der Waals surface area contributed by atoms with Crippen molar-refractivity contribution in [3.63, 3.8) is 0 Å². The zero-order valence-electron chi connectivity index (χ0n) is 16.0. The van der Waals surface area contributed by atoms with Crippen molar-refractivity contribution in [2.24, 2.45) is 10.9 Å². The lowest BCUT2D eigenvalue weighted by Crippen LogP contribution is -2.47. The molecule has 24 heavy (non-hydrogen) atoms. The van der Waals surface area contributed by atoms with Gasteiger partial charge in [0.25, 0.3) is 0 Å². The fourth-order valence-corrected chi connectivity index (χ4v) is 3.53. The Bertz CT molecular complexity index is 417. The van der Waals surface area contributed by atoms with Crippen LogP contribution in [0.2, 0.25) is 0 Å². The molecule has 0 aromatic heterocycles. The number of hydrogen-bond donors (Lipinski definition) is 2. The number of nitrogens with one attached hydrogen (secondary N) is 2. The highest BCUT2D eigenvalue weighted by Gasteiger charge is 2.21. The van der Waals surface area contributed by atoms with Gasteiger partial charge in [0, 0.05) is 39.0 Å². The number of rotatable bonds is 5. The quantitative estimate of drug-likeness (QED) is 0.584. The Morgan fingerprint density at radius 1 is 1.46 bits per heavy atom. The van der Waals surface area contributed by atoms with E-state index in [9.17, 15) is 4.79 Å². The third kappa shape index (κ3) is 8.66. The fraction of sp³-hybridized carbons (Fsp3) is 0.882. The predicted molar refractivity (Wildman–Crippen MR) is 103 cm³/mol. The molecule has 2 unspecified atom stereocenters. The number of aliphatic imine (C=N–C) groups is 1. The van der Waals surface area contributed by atoms with E-state index in [4.69, 9.17) is 4.74 Å². The maximum Gasteiger partial charge on any atom is 0.410 e. The van der Waals surface area contributed by atoms with E-state index in [1.165, 1.54) is 18.6 Å². The van der Waals surface area contributed by atoms with E-state index in [1.54, 1.807) is 19.0 Å². The summed E-state index contributed by atoms with van der Waals surface area (Å²) in [6, 6.07) is 0.495. The molecule has 1 rings (SSSR count).